The highest BCUT2D eigenvalue weighted by Crippen LogP contribution is 2.15. The van der Waals surface area contributed by atoms with Crippen molar-refractivity contribution in [2.45, 2.75) is 232 Å². The minimum atomic E-state index is -0.790. The summed E-state index contributed by atoms with van der Waals surface area (Å²) in [4.78, 5) is 37.5. The van der Waals surface area contributed by atoms with Gasteiger partial charge in [0.25, 0.3) is 0 Å². The maximum atomic E-state index is 12.7. The molecule has 57 heavy (non-hydrogen) atoms. The lowest BCUT2D eigenvalue weighted by Crippen LogP contribution is -2.30. The van der Waals surface area contributed by atoms with Gasteiger partial charge in [0, 0.05) is 19.3 Å². The van der Waals surface area contributed by atoms with Crippen LogP contribution < -0.4 is 0 Å². The minimum absolute atomic E-state index is 0.0914. The molecule has 0 spiro atoms. The van der Waals surface area contributed by atoms with E-state index >= 15 is 0 Å². The third-order valence-electron chi connectivity index (χ3n) is 10.0. The van der Waals surface area contributed by atoms with E-state index in [4.69, 9.17) is 14.2 Å². The summed E-state index contributed by atoms with van der Waals surface area (Å²) in [6.45, 7) is 6.39. The molecule has 0 radical (unpaired) electrons. The van der Waals surface area contributed by atoms with E-state index in [0.29, 0.717) is 19.3 Å². The third kappa shape index (κ3) is 44.1. The third-order valence-corrected chi connectivity index (χ3v) is 10.0. The molecule has 6 heteroatoms. The topological polar surface area (TPSA) is 78.9 Å². The zero-order valence-corrected chi connectivity index (χ0v) is 37.3. The molecule has 0 aromatic carbocycles. The summed E-state index contributed by atoms with van der Waals surface area (Å²) in [5, 5.41) is 0. The first kappa shape index (κ1) is 54.1. The monoisotopic (exact) mass is 797 g/mol. The molecule has 1 atom stereocenters. The standard InChI is InChI=1S/C51H88O6/c1-4-7-10-13-15-17-19-21-23-25-27-29-31-33-35-38-41-44-50(53)56-47-48(46-55-49(52)43-40-37-12-9-6-3)57-51(54)45-42-39-36-34-32-30-28-26-24-22-20-18-16-14-11-8-5-2/h7,10,15,17,21,23,27,29,33,35,48H,4-6,8-9,11-14,16,18-20,22,24-26,28,30-32,34,36-47H2,1-3H3/b10-7-,17-15-,23-21-,29-27-,35-33-. The summed E-state index contributed by atoms with van der Waals surface area (Å²) < 4.78 is 16.6. The lowest BCUT2D eigenvalue weighted by molar-refractivity contribution is -0.167. The molecule has 0 heterocycles. The number of esters is 3. The van der Waals surface area contributed by atoms with Crippen LogP contribution in [0.3, 0.4) is 0 Å². The van der Waals surface area contributed by atoms with Gasteiger partial charge in [0.15, 0.2) is 6.10 Å². The van der Waals surface area contributed by atoms with E-state index < -0.39 is 6.10 Å². The normalized spacial score (nSPS) is 12.5. The van der Waals surface area contributed by atoms with Crippen LogP contribution in [0.4, 0.5) is 0 Å². The quantitative estimate of drug-likeness (QED) is 0.0265. The molecule has 0 saturated heterocycles. The minimum Gasteiger partial charge on any atom is -0.462 e. The second kappa shape index (κ2) is 45.8. The zero-order chi connectivity index (χ0) is 41.5. The number of ether oxygens (including phenoxy) is 3. The number of allylic oxidation sites excluding steroid dienone is 10. The number of unbranched alkanes of at least 4 members (excludes halogenated alkanes) is 21. The van der Waals surface area contributed by atoms with Crippen LogP contribution in [0.1, 0.15) is 226 Å². The van der Waals surface area contributed by atoms with Gasteiger partial charge in [0.2, 0.25) is 0 Å². The van der Waals surface area contributed by atoms with Gasteiger partial charge in [0.1, 0.15) is 13.2 Å². The average molecular weight is 797 g/mol. The lowest BCUT2D eigenvalue weighted by Gasteiger charge is -2.18. The SMILES string of the molecule is CC/C=C\C/C=C\C/C=C\C/C=C\C/C=C\CCCC(=O)OCC(COC(=O)CCCCCCC)OC(=O)CCCCCCCCCCCCCCCCCCC. The van der Waals surface area contributed by atoms with Crippen LogP contribution in [0.25, 0.3) is 0 Å². The number of carbonyl (C=O) groups is 3. The van der Waals surface area contributed by atoms with E-state index in [2.05, 4.69) is 81.5 Å². The van der Waals surface area contributed by atoms with Crippen LogP contribution in [-0.2, 0) is 28.6 Å². The summed E-state index contributed by atoms with van der Waals surface area (Å²) >= 11 is 0. The highest BCUT2D eigenvalue weighted by atomic mass is 16.6. The van der Waals surface area contributed by atoms with E-state index in [1.165, 1.54) is 96.3 Å². The van der Waals surface area contributed by atoms with Crippen LogP contribution in [0.2, 0.25) is 0 Å². The fourth-order valence-corrected chi connectivity index (χ4v) is 6.48. The van der Waals surface area contributed by atoms with Crippen LogP contribution in [-0.4, -0.2) is 37.2 Å². The average Bonchev–Trinajstić information content (AvgIpc) is 3.21. The van der Waals surface area contributed by atoms with Crippen LogP contribution in [0.15, 0.2) is 60.8 Å². The second-order valence-electron chi connectivity index (χ2n) is 15.6. The van der Waals surface area contributed by atoms with Crippen molar-refractivity contribution in [3.8, 4) is 0 Å². The first-order chi connectivity index (χ1) is 28.0. The van der Waals surface area contributed by atoms with Gasteiger partial charge in [-0.05, 0) is 57.8 Å². The number of carbonyl (C=O) groups excluding carboxylic acids is 3. The van der Waals surface area contributed by atoms with E-state index in [1.807, 2.05) is 0 Å². The maximum Gasteiger partial charge on any atom is 0.306 e. The fraction of sp³-hybridized carbons (Fsp3) is 0.745. The molecule has 0 bridgehead atoms. The number of hydrogen-bond donors (Lipinski definition) is 0. The smallest absolute Gasteiger partial charge is 0.306 e. The van der Waals surface area contributed by atoms with Crippen LogP contribution in [0.5, 0.6) is 0 Å². The van der Waals surface area contributed by atoms with Crippen molar-refractivity contribution in [3.63, 3.8) is 0 Å². The van der Waals surface area contributed by atoms with Gasteiger partial charge in [-0.3, -0.25) is 14.4 Å². The Labute approximate surface area is 351 Å². The predicted molar refractivity (Wildman–Crippen MR) is 242 cm³/mol. The molecule has 328 valence electrons. The van der Waals surface area contributed by atoms with Crippen LogP contribution >= 0.6 is 0 Å². The Bertz CT molecular complexity index is 1050. The molecule has 0 aliphatic carbocycles. The Morgan fingerprint density at radius 2 is 0.684 bits per heavy atom. The van der Waals surface area contributed by atoms with E-state index in [0.717, 1.165) is 83.5 Å². The molecule has 0 aromatic heterocycles. The molecule has 0 saturated carbocycles. The first-order valence-electron chi connectivity index (χ1n) is 23.8. The summed E-state index contributed by atoms with van der Waals surface area (Å²) in [5.41, 5.74) is 0. The first-order valence-corrected chi connectivity index (χ1v) is 23.8. The highest BCUT2D eigenvalue weighted by molar-refractivity contribution is 5.71. The summed E-state index contributed by atoms with van der Waals surface area (Å²) in [6.07, 6.45) is 55.3. The van der Waals surface area contributed by atoms with Gasteiger partial charge in [-0.2, -0.15) is 0 Å². The molecule has 0 aliphatic heterocycles. The molecule has 6 nitrogen and oxygen atoms in total. The van der Waals surface area contributed by atoms with Gasteiger partial charge in [-0.1, -0.05) is 210 Å². The number of rotatable bonds is 42. The van der Waals surface area contributed by atoms with E-state index in [1.54, 1.807) is 0 Å². The molecule has 0 aromatic rings. The summed E-state index contributed by atoms with van der Waals surface area (Å²) in [6, 6.07) is 0. The molecule has 0 fully saturated rings. The van der Waals surface area contributed by atoms with E-state index in [9.17, 15) is 14.4 Å². The van der Waals surface area contributed by atoms with Crippen molar-refractivity contribution in [2.75, 3.05) is 13.2 Å². The molecule has 1 unspecified atom stereocenters. The Hall–Kier alpha value is -2.89. The van der Waals surface area contributed by atoms with Crippen LogP contribution in [0, 0.1) is 0 Å². The molecule has 0 N–H and O–H groups in total. The van der Waals surface area contributed by atoms with Gasteiger partial charge in [-0.25, -0.2) is 0 Å². The van der Waals surface area contributed by atoms with Gasteiger partial charge < -0.3 is 14.2 Å². The fourth-order valence-electron chi connectivity index (χ4n) is 6.48. The molecule has 0 rings (SSSR count). The molecular formula is C51H88O6. The lowest BCUT2D eigenvalue weighted by atomic mass is 10.0. The van der Waals surface area contributed by atoms with Gasteiger partial charge in [0.05, 0.1) is 0 Å². The molecule has 0 amide bonds. The van der Waals surface area contributed by atoms with Crippen molar-refractivity contribution >= 4 is 17.9 Å². The van der Waals surface area contributed by atoms with Gasteiger partial charge in [-0.15, -0.1) is 0 Å². The molecular weight excluding hydrogens is 709 g/mol. The number of hydrogen-bond acceptors (Lipinski definition) is 6. The molecule has 0 aliphatic rings. The Morgan fingerprint density at radius 1 is 0.368 bits per heavy atom. The second-order valence-corrected chi connectivity index (χ2v) is 15.6. The Kier molecular flexibility index (Phi) is 43.5. The highest BCUT2D eigenvalue weighted by Gasteiger charge is 2.19. The van der Waals surface area contributed by atoms with Crippen molar-refractivity contribution < 1.29 is 28.6 Å². The van der Waals surface area contributed by atoms with Crippen molar-refractivity contribution in [1.29, 1.82) is 0 Å². The van der Waals surface area contributed by atoms with E-state index in [-0.39, 0.29) is 37.5 Å². The van der Waals surface area contributed by atoms with Crippen molar-refractivity contribution in [1.82, 2.24) is 0 Å². The Morgan fingerprint density at radius 3 is 1.07 bits per heavy atom. The zero-order valence-electron chi connectivity index (χ0n) is 37.3. The summed E-state index contributed by atoms with van der Waals surface area (Å²) in [7, 11) is 0. The predicted octanol–water partition coefficient (Wildman–Crippen LogP) is 15.3. The summed E-state index contributed by atoms with van der Waals surface area (Å²) in [5.74, 6) is -0.964. The van der Waals surface area contributed by atoms with Crippen molar-refractivity contribution in [3.05, 3.63) is 60.8 Å². The largest absolute Gasteiger partial charge is 0.462 e. The van der Waals surface area contributed by atoms with Gasteiger partial charge >= 0.3 is 17.9 Å². The van der Waals surface area contributed by atoms with Crippen molar-refractivity contribution in [2.24, 2.45) is 0 Å². The maximum absolute atomic E-state index is 12.7. The Balaban J connectivity index is 4.28.